The number of aliphatic hydroxyl groups is 1. The van der Waals surface area contributed by atoms with Gasteiger partial charge in [0.05, 0.1) is 0 Å². The lowest BCUT2D eigenvalue weighted by molar-refractivity contribution is -0.271. The highest BCUT2D eigenvalue weighted by atomic mass is 19.4. The molecule has 0 spiro atoms. The molecule has 1 saturated heterocycles. The highest BCUT2D eigenvalue weighted by Gasteiger charge is 2.54. The summed E-state index contributed by atoms with van der Waals surface area (Å²) in [5.41, 5.74) is -2.66. The summed E-state index contributed by atoms with van der Waals surface area (Å²) >= 11 is 0. The van der Waals surface area contributed by atoms with Crippen molar-refractivity contribution in [1.29, 1.82) is 0 Å². The molecule has 0 bridgehead atoms. The summed E-state index contributed by atoms with van der Waals surface area (Å²) in [6, 6.07) is -0.362. The highest BCUT2D eigenvalue weighted by molar-refractivity contribution is 5.74. The topological polar surface area (TPSA) is 52.6 Å². The van der Waals surface area contributed by atoms with Gasteiger partial charge in [-0.2, -0.15) is 13.2 Å². The maximum Gasteiger partial charge on any atom is 0.417 e. The fraction of sp³-hybridized carbons (Fsp3) is 0.929. The fourth-order valence-corrected chi connectivity index (χ4v) is 2.32. The Morgan fingerprint density at radius 1 is 1.24 bits per heavy atom. The zero-order valence-electron chi connectivity index (χ0n) is 12.8. The molecule has 1 heterocycles. The van der Waals surface area contributed by atoms with Crippen LogP contribution in [-0.2, 0) is 0 Å². The summed E-state index contributed by atoms with van der Waals surface area (Å²) in [5.74, 6) is 0.543. The van der Waals surface area contributed by atoms with Crippen LogP contribution in [0.2, 0.25) is 0 Å². The maximum absolute atomic E-state index is 12.7. The van der Waals surface area contributed by atoms with Crippen LogP contribution in [0.3, 0.4) is 0 Å². The van der Waals surface area contributed by atoms with Crippen molar-refractivity contribution in [1.82, 2.24) is 10.2 Å². The second-order valence-electron chi connectivity index (χ2n) is 6.34. The van der Waals surface area contributed by atoms with Crippen molar-refractivity contribution in [2.45, 2.75) is 64.3 Å². The molecule has 1 aliphatic heterocycles. The number of urea groups is 1. The van der Waals surface area contributed by atoms with E-state index < -0.39 is 24.6 Å². The Labute approximate surface area is 123 Å². The number of halogens is 3. The minimum atomic E-state index is -4.64. The zero-order valence-corrected chi connectivity index (χ0v) is 12.8. The van der Waals surface area contributed by atoms with Crippen LogP contribution in [0.1, 0.15) is 46.5 Å². The smallest absolute Gasteiger partial charge is 0.380 e. The Morgan fingerprint density at radius 2 is 1.76 bits per heavy atom. The molecule has 0 aromatic carbocycles. The van der Waals surface area contributed by atoms with Crippen LogP contribution in [0.5, 0.6) is 0 Å². The first-order valence-corrected chi connectivity index (χ1v) is 7.40. The molecular weight excluding hydrogens is 285 g/mol. The third-order valence-electron chi connectivity index (χ3n) is 3.95. The lowest BCUT2D eigenvalue weighted by atomic mass is 9.91. The fourth-order valence-electron chi connectivity index (χ4n) is 2.32. The van der Waals surface area contributed by atoms with E-state index in [1.54, 1.807) is 0 Å². The first-order chi connectivity index (χ1) is 9.55. The number of amides is 2. The van der Waals surface area contributed by atoms with E-state index in [2.05, 4.69) is 19.2 Å². The monoisotopic (exact) mass is 310 g/mol. The van der Waals surface area contributed by atoms with E-state index in [0.29, 0.717) is 5.92 Å². The quantitative estimate of drug-likeness (QED) is 0.839. The molecule has 21 heavy (non-hydrogen) atoms. The molecular formula is C14H25F3N2O2. The number of carbonyl (C=O) groups excluding carboxylic acids is 1. The maximum atomic E-state index is 12.7. The van der Waals surface area contributed by atoms with Crippen molar-refractivity contribution in [3.63, 3.8) is 0 Å². The first kappa shape index (κ1) is 18.1. The molecule has 0 saturated carbocycles. The molecule has 124 valence electrons. The van der Waals surface area contributed by atoms with Crippen molar-refractivity contribution in [2.75, 3.05) is 13.1 Å². The van der Waals surface area contributed by atoms with Gasteiger partial charge in [0.1, 0.15) is 0 Å². The van der Waals surface area contributed by atoms with Gasteiger partial charge >= 0.3 is 12.2 Å². The molecule has 1 fully saturated rings. The van der Waals surface area contributed by atoms with Crippen LogP contribution in [0.4, 0.5) is 18.0 Å². The first-order valence-electron chi connectivity index (χ1n) is 7.40. The van der Waals surface area contributed by atoms with Gasteiger partial charge in [-0.15, -0.1) is 0 Å². The number of alkyl halides is 3. The van der Waals surface area contributed by atoms with E-state index in [4.69, 9.17) is 0 Å². The van der Waals surface area contributed by atoms with Gasteiger partial charge < -0.3 is 15.3 Å². The SMILES string of the molecule is CC(C)CCC(C)NC(=O)N1CCC(O)(C(F)(F)F)CC1. The number of nitrogens with one attached hydrogen (secondary N) is 1. The van der Waals surface area contributed by atoms with E-state index >= 15 is 0 Å². The van der Waals surface area contributed by atoms with Gasteiger partial charge in [-0.05, 0) is 25.7 Å². The lowest BCUT2D eigenvalue weighted by Gasteiger charge is -2.39. The molecule has 7 heteroatoms. The summed E-state index contributed by atoms with van der Waals surface area (Å²) in [6.45, 7) is 5.90. The minimum Gasteiger partial charge on any atom is -0.380 e. The van der Waals surface area contributed by atoms with E-state index in [-0.39, 0.29) is 25.2 Å². The zero-order chi connectivity index (χ0) is 16.3. The standard InChI is InChI=1S/C14H25F3N2O2/c1-10(2)4-5-11(3)18-12(20)19-8-6-13(21,7-9-19)14(15,16)17/h10-11,21H,4-9H2,1-3H3,(H,18,20). The van der Waals surface area contributed by atoms with Crippen LogP contribution in [-0.4, -0.2) is 46.9 Å². The normalized spacial score (nSPS) is 20.5. The molecule has 2 N–H and O–H groups in total. The Kier molecular flexibility index (Phi) is 5.90. The van der Waals surface area contributed by atoms with Gasteiger partial charge in [-0.25, -0.2) is 4.79 Å². The summed E-state index contributed by atoms with van der Waals surface area (Å²) < 4.78 is 38.0. The predicted octanol–water partition coefficient (Wildman–Crippen LogP) is 2.91. The van der Waals surface area contributed by atoms with E-state index in [9.17, 15) is 23.1 Å². The summed E-state index contributed by atoms with van der Waals surface area (Å²) in [6.07, 6.45) is -3.76. The minimum absolute atomic E-state index is 0.0108. The van der Waals surface area contributed by atoms with Gasteiger partial charge in [0, 0.05) is 32.0 Å². The lowest BCUT2D eigenvalue weighted by Crippen LogP contribution is -2.56. The number of nitrogens with zero attached hydrogens (tertiary/aromatic N) is 1. The molecule has 1 rings (SSSR count). The molecule has 1 unspecified atom stereocenters. The molecule has 2 amide bonds. The summed E-state index contributed by atoms with van der Waals surface area (Å²) in [4.78, 5) is 13.3. The van der Waals surface area contributed by atoms with Crippen molar-refractivity contribution < 1.29 is 23.1 Å². The molecule has 1 aliphatic rings. The predicted molar refractivity (Wildman–Crippen MR) is 73.9 cm³/mol. The summed E-state index contributed by atoms with van der Waals surface area (Å²) in [5, 5.41) is 12.3. The van der Waals surface area contributed by atoms with E-state index in [1.807, 2.05) is 6.92 Å². The van der Waals surface area contributed by atoms with Crippen molar-refractivity contribution in [3.8, 4) is 0 Å². The number of likely N-dealkylation sites (tertiary alicyclic amines) is 1. The van der Waals surface area contributed by atoms with Gasteiger partial charge in [0.2, 0.25) is 0 Å². The van der Waals surface area contributed by atoms with Gasteiger partial charge in [0.15, 0.2) is 5.60 Å². The molecule has 4 nitrogen and oxygen atoms in total. The third kappa shape index (κ3) is 5.05. The van der Waals surface area contributed by atoms with E-state index in [1.165, 1.54) is 4.90 Å². The highest BCUT2D eigenvalue weighted by Crippen LogP contribution is 2.38. The number of hydrogen-bond donors (Lipinski definition) is 2. The number of carbonyl (C=O) groups is 1. The van der Waals surface area contributed by atoms with Crippen LogP contribution < -0.4 is 5.32 Å². The molecule has 1 atom stereocenters. The molecule has 0 aromatic heterocycles. The second kappa shape index (κ2) is 6.85. The molecule has 0 aliphatic carbocycles. The number of hydrogen-bond acceptors (Lipinski definition) is 2. The Bertz CT molecular complexity index is 351. The van der Waals surface area contributed by atoms with Crippen molar-refractivity contribution >= 4 is 6.03 Å². The Morgan fingerprint density at radius 3 is 2.19 bits per heavy atom. The van der Waals surface area contributed by atoms with Crippen molar-refractivity contribution in [2.24, 2.45) is 5.92 Å². The van der Waals surface area contributed by atoms with Crippen LogP contribution in [0.25, 0.3) is 0 Å². The average molecular weight is 310 g/mol. The summed E-state index contributed by atoms with van der Waals surface area (Å²) in [7, 11) is 0. The third-order valence-corrected chi connectivity index (χ3v) is 3.95. The average Bonchev–Trinajstić information content (AvgIpc) is 2.35. The van der Waals surface area contributed by atoms with Gasteiger partial charge in [-0.1, -0.05) is 13.8 Å². The number of piperidine rings is 1. The Balaban J connectivity index is 2.42. The Hall–Kier alpha value is -0.980. The molecule has 0 aromatic rings. The second-order valence-corrected chi connectivity index (χ2v) is 6.34. The van der Waals surface area contributed by atoms with Crippen LogP contribution in [0, 0.1) is 5.92 Å². The largest absolute Gasteiger partial charge is 0.417 e. The van der Waals surface area contributed by atoms with Gasteiger partial charge in [0.25, 0.3) is 0 Å². The van der Waals surface area contributed by atoms with Crippen LogP contribution in [0.15, 0.2) is 0 Å². The van der Waals surface area contributed by atoms with Crippen LogP contribution >= 0.6 is 0 Å². The van der Waals surface area contributed by atoms with E-state index in [0.717, 1.165) is 12.8 Å². The van der Waals surface area contributed by atoms with Gasteiger partial charge in [-0.3, -0.25) is 0 Å². The number of rotatable bonds is 4. The van der Waals surface area contributed by atoms with Crippen molar-refractivity contribution in [3.05, 3.63) is 0 Å². The molecule has 0 radical (unpaired) electrons.